The topological polar surface area (TPSA) is 69.6 Å². The van der Waals surface area contributed by atoms with Crippen LogP contribution in [0.25, 0.3) is 0 Å². The molecule has 1 heterocycles. The summed E-state index contributed by atoms with van der Waals surface area (Å²) >= 11 is 11.7. The molecule has 0 bridgehead atoms. The number of halogens is 2. The molecule has 0 unspecified atom stereocenters. The van der Waals surface area contributed by atoms with Gasteiger partial charge >= 0.3 is 5.97 Å². The summed E-state index contributed by atoms with van der Waals surface area (Å²) in [5.74, 6) is -1.14. The molecule has 5 nitrogen and oxygen atoms in total. The fourth-order valence-electron chi connectivity index (χ4n) is 2.45. The summed E-state index contributed by atoms with van der Waals surface area (Å²) in [6, 6.07) is 4.42. The van der Waals surface area contributed by atoms with Gasteiger partial charge in [0.25, 0.3) is 0 Å². The van der Waals surface area contributed by atoms with Crippen molar-refractivity contribution in [1.82, 2.24) is 4.90 Å². The van der Waals surface area contributed by atoms with Crippen molar-refractivity contribution in [2.45, 2.75) is 25.3 Å². The van der Waals surface area contributed by atoms with E-state index in [1.54, 1.807) is 23.1 Å². The highest BCUT2D eigenvalue weighted by atomic mass is 35.5. The van der Waals surface area contributed by atoms with E-state index < -0.39 is 12.0 Å². The number of carboxylic acid groups (broad SMARTS) is 1. The van der Waals surface area contributed by atoms with Crippen LogP contribution in [0, 0.1) is 0 Å². The highest BCUT2D eigenvalue weighted by molar-refractivity contribution is 6.42. The fourth-order valence-corrected chi connectivity index (χ4v) is 2.75. The molecule has 0 saturated carbocycles. The molecule has 7 heteroatoms. The average molecular weight is 331 g/mol. The van der Waals surface area contributed by atoms with Crippen molar-refractivity contribution in [2.75, 3.05) is 18.4 Å². The van der Waals surface area contributed by atoms with Crippen LogP contribution in [0.3, 0.4) is 0 Å². The van der Waals surface area contributed by atoms with Crippen LogP contribution >= 0.6 is 23.2 Å². The Morgan fingerprint density at radius 2 is 2.05 bits per heavy atom. The number of carboxylic acids is 1. The van der Waals surface area contributed by atoms with Crippen molar-refractivity contribution >= 4 is 40.8 Å². The second-order valence-electron chi connectivity index (χ2n) is 4.99. The smallest absolute Gasteiger partial charge is 0.317 e. The van der Waals surface area contributed by atoms with E-state index in [1.807, 2.05) is 0 Å². The number of anilines is 1. The highest BCUT2D eigenvalue weighted by Crippen LogP contribution is 2.26. The first-order valence-corrected chi connectivity index (χ1v) is 7.44. The van der Waals surface area contributed by atoms with Crippen LogP contribution in [0.5, 0.6) is 0 Å². The van der Waals surface area contributed by atoms with Gasteiger partial charge in [0.2, 0.25) is 5.91 Å². The molecule has 21 heavy (non-hydrogen) atoms. The van der Waals surface area contributed by atoms with Crippen LogP contribution < -0.4 is 5.32 Å². The number of nitrogens with zero attached hydrogens (tertiary/aromatic N) is 1. The number of carbonyl (C=O) groups excluding carboxylic acids is 1. The van der Waals surface area contributed by atoms with Gasteiger partial charge < -0.3 is 10.4 Å². The van der Waals surface area contributed by atoms with Gasteiger partial charge in [0, 0.05) is 5.69 Å². The summed E-state index contributed by atoms with van der Waals surface area (Å²) in [4.78, 5) is 24.9. The van der Waals surface area contributed by atoms with Crippen molar-refractivity contribution < 1.29 is 14.7 Å². The van der Waals surface area contributed by atoms with E-state index in [1.165, 1.54) is 0 Å². The Hall–Kier alpha value is -1.30. The summed E-state index contributed by atoms with van der Waals surface area (Å²) in [6.45, 7) is 0.491. The van der Waals surface area contributed by atoms with Gasteiger partial charge in [-0.1, -0.05) is 29.6 Å². The third-order valence-electron chi connectivity index (χ3n) is 3.44. The van der Waals surface area contributed by atoms with Crippen molar-refractivity contribution in [3.63, 3.8) is 0 Å². The molecule has 0 spiro atoms. The molecule has 0 aromatic heterocycles. The molecule has 1 atom stereocenters. The number of aliphatic carboxylic acids is 1. The first-order chi connectivity index (χ1) is 9.97. The molecule has 0 radical (unpaired) electrons. The first-order valence-electron chi connectivity index (χ1n) is 6.69. The lowest BCUT2D eigenvalue weighted by atomic mass is 10.0. The van der Waals surface area contributed by atoms with Gasteiger partial charge in [-0.2, -0.15) is 0 Å². The number of rotatable bonds is 4. The number of hydrogen-bond donors (Lipinski definition) is 2. The minimum Gasteiger partial charge on any atom is -0.480 e. The van der Waals surface area contributed by atoms with Gasteiger partial charge in [0.15, 0.2) is 0 Å². The van der Waals surface area contributed by atoms with Crippen LogP contribution in [-0.4, -0.2) is 41.0 Å². The van der Waals surface area contributed by atoms with Crippen LogP contribution in [0.15, 0.2) is 18.2 Å². The van der Waals surface area contributed by atoms with E-state index in [2.05, 4.69) is 5.32 Å². The second-order valence-corrected chi connectivity index (χ2v) is 5.81. The number of nitrogens with one attached hydrogen (secondary N) is 1. The standard InChI is InChI=1S/C14H16Cl2N2O3/c15-10-5-4-9(7-11(10)16)17-14(21)12-3-1-2-6-18(12)8-13(19)20/h4-5,7,12H,1-3,6,8H2,(H,17,21)(H,19,20)/t12-/m0/s1. The van der Waals surface area contributed by atoms with E-state index in [4.69, 9.17) is 28.3 Å². The normalized spacial score (nSPS) is 19.2. The zero-order valence-corrected chi connectivity index (χ0v) is 12.8. The largest absolute Gasteiger partial charge is 0.480 e. The van der Waals surface area contributed by atoms with Crippen molar-refractivity contribution in [2.24, 2.45) is 0 Å². The molecule has 0 aliphatic carbocycles. The summed E-state index contributed by atoms with van der Waals surface area (Å²) in [6.07, 6.45) is 2.47. The molecular formula is C14H16Cl2N2O3. The number of amides is 1. The Labute approximate surface area is 132 Å². The zero-order chi connectivity index (χ0) is 15.4. The minimum atomic E-state index is -0.927. The van der Waals surface area contributed by atoms with Crippen LogP contribution in [-0.2, 0) is 9.59 Å². The van der Waals surface area contributed by atoms with E-state index >= 15 is 0 Å². The van der Waals surface area contributed by atoms with Gasteiger partial charge in [-0.05, 0) is 37.6 Å². The maximum absolute atomic E-state index is 12.3. The predicted molar refractivity (Wildman–Crippen MR) is 81.9 cm³/mol. The van der Waals surface area contributed by atoms with Gasteiger partial charge in [-0.15, -0.1) is 0 Å². The lowest BCUT2D eigenvalue weighted by Gasteiger charge is -2.33. The Morgan fingerprint density at radius 3 is 2.71 bits per heavy atom. The zero-order valence-electron chi connectivity index (χ0n) is 11.3. The Morgan fingerprint density at radius 1 is 1.29 bits per heavy atom. The van der Waals surface area contributed by atoms with Gasteiger partial charge in [0.05, 0.1) is 22.6 Å². The summed E-state index contributed by atoms with van der Waals surface area (Å²) in [7, 11) is 0. The SMILES string of the molecule is O=C(O)CN1CCCC[C@H]1C(=O)Nc1ccc(Cl)c(Cl)c1. The van der Waals surface area contributed by atoms with Gasteiger partial charge in [-0.3, -0.25) is 14.5 Å². The molecule has 1 fully saturated rings. The van der Waals surface area contributed by atoms with Crippen LogP contribution in [0.2, 0.25) is 10.0 Å². The maximum Gasteiger partial charge on any atom is 0.317 e. The molecule has 1 amide bonds. The first kappa shape index (κ1) is 16.1. The third-order valence-corrected chi connectivity index (χ3v) is 4.18. The Bertz CT molecular complexity index is 551. The molecule has 1 aliphatic rings. The third kappa shape index (κ3) is 4.33. The van der Waals surface area contributed by atoms with Gasteiger partial charge in [-0.25, -0.2) is 0 Å². The Balaban J connectivity index is 2.06. The molecule has 1 saturated heterocycles. The van der Waals surface area contributed by atoms with Crippen molar-refractivity contribution in [3.05, 3.63) is 28.2 Å². The second kappa shape index (κ2) is 7.11. The number of benzene rings is 1. The lowest BCUT2D eigenvalue weighted by Crippen LogP contribution is -2.49. The van der Waals surface area contributed by atoms with Gasteiger partial charge in [0.1, 0.15) is 0 Å². The minimum absolute atomic E-state index is 0.126. The molecule has 114 valence electrons. The number of likely N-dealkylation sites (tertiary alicyclic amines) is 1. The van der Waals surface area contributed by atoms with E-state index in [0.29, 0.717) is 28.7 Å². The van der Waals surface area contributed by atoms with E-state index in [9.17, 15) is 9.59 Å². The van der Waals surface area contributed by atoms with Crippen molar-refractivity contribution in [1.29, 1.82) is 0 Å². The summed E-state index contributed by atoms with van der Waals surface area (Å²) in [5.41, 5.74) is 0.551. The molecule has 1 aromatic rings. The molecule has 2 rings (SSSR count). The van der Waals surface area contributed by atoms with Crippen LogP contribution in [0.1, 0.15) is 19.3 Å². The fraction of sp³-hybridized carbons (Fsp3) is 0.429. The lowest BCUT2D eigenvalue weighted by molar-refractivity contribution is -0.140. The average Bonchev–Trinajstić information content (AvgIpc) is 2.43. The molecule has 1 aromatic carbocycles. The number of piperidine rings is 1. The maximum atomic E-state index is 12.3. The summed E-state index contributed by atoms with van der Waals surface area (Å²) in [5, 5.41) is 12.5. The number of hydrogen-bond acceptors (Lipinski definition) is 3. The predicted octanol–water partition coefficient (Wildman–Crippen LogP) is 2.87. The van der Waals surface area contributed by atoms with E-state index in [0.717, 1.165) is 12.8 Å². The monoisotopic (exact) mass is 330 g/mol. The summed E-state index contributed by atoms with van der Waals surface area (Å²) < 4.78 is 0. The quantitative estimate of drug-likeness (QED) is 0.890. The molecule has 1 aliphatic heterocycles. The van der Waals surface area contributed by atoms with E-state index in [-0.39, 0.29) is 12.5 Å². The van der Waals surface area contributed by atoms with Crippen molar-refractivity contribution in [3.8, 4) is 0 Å². The number of carbonyl (C=O) groups is 2. The van der Waals surface area contributed by atoms with Crippen LogP contribution in [0.4, 0.5) is 5.69 Å². The molecular weight excluding hydrogens is 315 g/mol. The molecule has 2 N–H and O–H groups in total. The Kier molecular flexibility index (Phi) is 5.45. The highest BCUT2D eigenvalue weighted by Gasteiger charge is 2.29.